The number of rotatable bonds is 4. The maximum atomic E-state index is 12.3. The minimum Gasteiger partial charge on any atom is -0.361 e. The molecule has 0 saturated carbocycles. The molecule has 0 aliphatic heterocycles. The molecule has 0 saturated heterocycles. The first-order valence-electron chi connectivity index (χ1n) is 8.02. The first-order chi connectivity index (χ1) is 12.2. The Bertz CT molecular complexity index is 1030. The highest BCUT2D eigenvalue weighted by atomic mass is 16.1. The van der Waals surface area contributed by atoms with Crippen molar-refractivity contribution >= 4 is 22.5 Å². The van der Waals surface area contributed by atoms with Crippen LogP contribution in [0.15, 0.2) is 61.2 Å². The molecule has 4 rings (SSSR count). The van der Waals surface area contributed by atoms with Gasteiger partial charge in [-0.05, 0) is 30.7 Å². The fourth-order valence-electron chi connectivity index (χ4n) is 2.88. The Hall–Kier alpha value is -3.41. The van der Waals surface area contributed by atoms with Crippen LogP contribution < -0.4 is 5.32 Å². The number of anilines is 1. The topological polar surface area (TPSA) is 75.6 Å². The molecule has 0 spiro atoms. The quantitative estimate of drug-likeness (QED) is 0.603. The summed E-state index contributed by atoms with van der Waals surface area (Å²) in [6, 6.07) is 11.6. The largest absolute Gasteiger partial charge is 0.361 e. The number of pyridine rings is 1. The number of carbonyl (C=O) groups excluding carboxylic acids is 1. The number of benzene rings is 1. The lowest BCUT2D eigenvalue weighted by molar-refractivity contribution is -0.115. The van der Waals surface area contributed by atoms with E-state index in [4.69, 9.17) is 0 Å². The van der Waals surface area contributed by atoms with E-state index in [1.165, 1.54) is 0 Å². The number of nitrogens with one attached hydrogen (secondary N) is 2. The molecule has 0 radical (unpaired) electrons. The van der Waals surface area contributed by atoms with Crippen LogP contribution in [-0.4, -0.2) is 25.4 Å². The molecule has 3 heterocycles. The third-order valence-electron chi connectivity index (χ3n) is 4.13. The number of carbonyl (C=O) groups is 1. The van der Waals surface area contributed by atoms with Gasteiger partial charge >= 0.3 is 0 Å². The molecule has 6 nitrogen and oxygen atoms in total. The van der Waals surface area contributed by atoms with Crippen molar-refractivity contribution in [2.75, 3.05) is 5.32 Å². The maximum Gasteiger partial charge on any atom is 0.228 e. The summed E-state index contributed by atoms with van der Waals surface area (Å²) in [5.41, 5.74) is 2.69. The number of nitrogens with zero attached hydrogens (tertiary/aromatic N) is 3. The number of fused-ring (bicyclic) bond motifs is 1. The third kappa shape index (κ3) is 3.01. The number of aromatic nitrogens is 4. The van der Waals surface area contributed by atoms with E-state index in [0.717, 1.165) is 28.1 Å². The van der Waals surface area contributed by atoms with Crippen molar-refractivity contribution in [3.63, 3.8) is 0 Å². The van der Waals surface area contributed by atoms with Crippen LogP contribution in [0.25, 0.3) is 16.7 Å². The second-order valence-electron chi connectivity index (χ2n) is 5.83. The summed E-state index contributed by atoms with van der Waals surface area (Å²) < 4.78 is 1.89. The minimum absolute atomic E-state index is 0.0712. The fourth-order valence-corrected chi connectivity index (χ4v) is 2.88. The van der Waals surface area contributed by atoms with E-state index >= 15 is 0 Å². The van der Waals surface area contributed by atoms with Gasteiger partial charge in [-0.2, -0.15) is 0 Å². The highest BCUT2D eigenvalue weighted by molar-refractivity contribution is 5.95. The third-order valence-corrected chi connectivity index (χ3v) is 4.13. The van der Waals surface area contributed by atoms with Crippen LogP contribution in [0.1, 0.15) is 11.4 Å². The van der Waals surface area contributed by atoms with Gasteiger partial charge in [0.05, 0.1) is 18.3 Å². The van der Waals surface area contributed by atoms with Crippen molar-refractivity contribution in [1.82, 2.24) is 19.5 Å². The Morgan fingerprint density at radius 2 is 2.08 bits per heavy atom. The Morgan fingerprint density at radius 1 is 1.20 bits per heavy atom. The van der Waals surface area contributed by atoms with E-state index in [1.54, 1.807) is 12.4 Å². The average molecular weight is 331 g/mol. The lowest BCUT2D eigenvalue weighted by atomic mass is 10.1. The highest BCUT2D eigenvalue weighted by Crippen LogP contribution is 2.19. The lowest BCUT2D eigenvalue weighted by Gasteiger charge is -2.07. The monoisotopic (exact) mass is 331 g/mol. The predicted octanol–water partition coefficient (Wildman–Crippen LogP) is 3.24. The molecule has 4 aromatic rings. The van der Waals surface area contributed by atoms with Gasteiger partial charge in [0.2, 0.25) is 5.91 Å². The van der Waals surface area contributed by atoms with E-state index in [-0.39, 0.29) is 5.91 Å². The summed E-state index contributed by atoms with van der Waals surface area (Å²) in [6.07, 6.45) is 7.43. The van der Waals surface area contributed by atoms with Crippen molar-refractivity contribution in [3.8, 4) is 5.82 Å². The Morgan fingerprint density at radius 3 is 2.84 bits per heavy atom. The number of H-pyrrole nitrogens is 1. The molecular formula is C19H17N5O. The number of imidazole rings is 1. The first kappa shape index (κ1) is 15.1. The number of hydrogen-bond donors (Lipinski definition) is 2. The van der Waals surface area contributed by atoms with E-state index in [1.807, 2.05) is 60.3 Å². The fraction of sp³-hybridized carbons (Fsp3) is 0.105. The average Bonchev–Trinajstić information content (AvgIpc) is 3.22. The van der Waals surface area contributed by atoms with E-state index in [0.29, 0.717) is 12.1 Å². The summed E-state index contributed by atoms with van der Waals surface area (Å²) in [4.78, 5) is 24.1. The molecule has 0 fully saturated rings. The van der Waals surface area contributed by atoms with Crippen LogP contribution >= 0.6 is 0 Å². The zero-order chi connectivity index (χ0) is 17.2. The molecule has 0 atom stereocenters. The Balaban J connectivity index is 1.47. The smallest absolute Gasteiger partial charge is 0.228 e. The predicted molar refractivity (Wildman–Crippen MR) is 96.7 cm³/mol. The van der Waals surface area contributed by atoms with Gasteiger partial charge in [-0.1, -0.05) is 18.2 Å². The van der Waals surface area contributed by atoms with Crippen LogP contribution in [0.5, 0.6) is 0 Å². The number of aromatic amines is 1. The van der Waals surface area contributed by atoms with Crippen molar-refractivity contribution in [2.24, 2.45) is 0 Å². The second-order valence-corrected chi connectivity index (χ2v) is 5.83. The van der Waals surface area contributed by atoms with Crippen LogP contribution in [0, 0.1) is 6.92 Å². The SMILES string of the molecule is Cc1nccn1-c1ccc(NC(=O)Cc2c[nH]c3ccccc23)cn1. The van der Waals surface area contributed by atoms with Gasteiger partial charge in [-0.15, -0.1) is 0 Å². The van der Waals surface area contributed by atoms with Crippen LogP contribution in [0.4, 0.5) is 5.69 Å². The summed E-state index contributed by atoms with van der Waals surface area (Å²) >= 11 is 0. The Kier molecular flexibility index (Phi) is 3.78. The van der Waals surface area contributed by atoms with Gasteiger partial charge in [0.25, 0.3) is 0 Å². The van der Waals surface area contributed by atoms with Gasteiger partial charge in [0.15, 0.2) is 0 Å². The molecule has 0 aliphatic rings. The standard InChI is InChI=1S/C19H17N5O/c1-13-20-8-9-24(13)18-7-6-15(12-22-18)23-19(25)10-14-11-21-17-5-3-2-4-16(14)17/h2-9,11-12,21H,10H2,1H3,(H,23,25). The normalized spacial score (nSPS) is 10.9. The zero-order valence-corrected chi connectivity index (χ0v) is 13.7. The van der Waals surface area contributed by atoms with Gasteiger partial charge in [-0.3, -0.25) is 9.36 Å². The summed E-state index contributed by atoms with van der Waals surface area (Å²) in [5.74, 6) is 1.56. The second kappa shape index (κ2) is 6.24. The molecule has 1 aromatic carbocycles. The van der Waals surface area contributed by atoms with Crippen molar-refractivity contribution in [3.05, 3.63) is 72.6 Å². The molecule has 0 bridgehead atoms. The summed E-state index contributed by atoms with van der Waals surface area (Å²) in [6.45, 7) is 1.92. The molecule has 2 N–H and O–H groups in total. The van der Waals surface area contributed by atoms with Crippen molar-refractivity contribution in [1.29, 1.82) is 0 Å². The molecule has 25 heavy (non-hydrogen) atoms. The van der Waals surface area contributed by atoms with Gasteiger partial charge in [0, 0.05) is 29.5 Å². The molecular weight excluding hydrogens is 314 g/mol. The van der Waals surface area contributed by atoms with E-state index < -0.39 is 0 Å². The summed E-state index contributed by atoms with van der Waals surface area (Å²) in [5, 5.41) is 3.96. The number of hydrogen-bond acceptors (Lipinski definition) is 3. The van der Waals surface area contributed by atoms with Gasteiger partial charge < -0.3 is 10.3 Å². The number of amides is 1. The number of aryl methyl sites for hydroxylation is 1. The number of para-hydroxylation sites is 1. The molecule has 0 aliphatic carbocycles. The zero-order valence-electron chi connectivity index (χ0n) is 13.7. The van der Waals surface area contributed by atoms with Crippen LogP contribution in [-0.2, 0) is 11.2 Å². The molecule has 0 unspecified atom stereocenters. The minimum atomic E-state index is -0.0712. The van der Waals surface area contributed by atoms with E-state index in [2.05, 4.69) is 20.3 Å². The molecule has 6 heteroatoms. The molecule has 3 aromatic heterocycles. The van der Waals surface area contributed by atoms with Crippen molar-refractivity contribution < 1.29 is 4.79 Å². The highest BCUT2D eigenvalue weighted by Gasteiger charge is 2.09. The maximum absolute atomic E-state index is 12.3. The molecule has 1 amide bonds. The summed E-state index contributed by atoms with van der Waals surface area (Å²) in [7, 11) is 0. The first-order valence-corrected chi connectivity index (χ1v) is 8.02. The van der Waals surface area contributed by atoms with Crippen molar-refractivity contribution in [2.45, 2.75) is 13.3 Å². The molecule has 124 valence electrons. The van der Waals surface area contributed by atoms with Crippen LogP contribution in [0.2, 0.25) is 0 Å². The van der Waals surface area contributed by atoms with E-state index in [9.17, 15) is 4.79 Å². The van der Waals surface area contributed by atoms with Gasteiger partial charge in [0.1, 0.15) is 11.6 Å². The lowest BCUT2D eigenvalue weighted by Crippen LogP contribution is -2.14. The Labute approximate surface area is 144 Å². The van der Waals surface area contributed by atoms with Crippen LogP contribution in [0.3, 0.4) is 0 Å². The van der Waals surface area contributed by atoms with Gasteiger partial charge in [-0.25, -0.2) is 9.97 Å².